The molecule has 0 radical (unpaired) electrons. The molecule has 90 valence electrons. The van der Waals surface area contributed by atoms with Gasteiger partial charge in [-0.2, -0.15) is 5.26 Å². The molecular weight excluding hydrogens is 224 g/mol. The third-order valence-corrected chi connectivity index (χ3v) is 2.53. The number of benzene rings is 1. The first kappa shape index (κ1) is 13.6. The normalized spacial score (nSPS) is 10.0. The van der Waals surface area contributed by atoms with Gasteiger partial charge in [-0.05, 0) is 23.1 Å². The number of nitriles is 1. The zero-order chi connectivity index (χ0) is 13.5. The average Bonchev–Trinajstić information content (AvgIpc) is 2.43. The molecule has 0 aliphatic rings. The molecule has 1 rings (SSSR count). The Hall–Kier alpha value is -2.47. The minimum absolute atomic E-state index is 0.136. The first-order valence-corrected chi connectivity index (χ1v) is 5.52. The van der Waals surface area contributed by atoms with Crippen LogP contribution in [0.5, 0.6) is 0 Å². The number of rotatable bonds is 5. The third kappa shape index (κ3) is 3.26. The van der Waals surface area contributed by atoms with Crippen LogP contribution >= 0.6 is 0 Å². The molecule has 0 aliphatic heterocycles. The van der Waals surface area contributed by atoms with Gasteiger partial charge in [-0.25, -0.2) is 4.99 Å². The quantitative estimate of drug-likeness (QED) is 0.449. The standard InChI is InChI=1S/C15H14N2O/c1-4-13-7-14(5-6-15(13)10-18)11(2)9-17-12(3)8-16/h5-7,9-10H,2-4H2,1H3/b17-9+. The lowest BCUT2D eigenvalue weighted by Gasteiger charge is -2.05. The van der Waals surface area contributed by atoms with E-state index in [0.29, 0.717) is 11.1 Å². The predicted molar refractivity (Wildman–Crippen MR) is 73.5 cm³/mol. The van der Waals surface area contributed by atoms with Crippen LogP contribution in [-0.2, 0) is 6.42 Å². The Morgan fingerprint density at radius 1 is 1.50 bits per heavy atom. The van der Waals surface area contributed by atoms with Crippen molar-refractivity contribution in [1.82, 2.24) is 0 Å². The van der Waals surface area contributed by atoms with Gasteiger partial charge >= 0.3 is 0 Å². The number of aliphatic imine (C=N–C) groups is 1. The van der Waals surface area contributed by atoms with Crippen LogP contribution in [0.15, 0.2) is 42.0 Å². The molecule has 0 saturated carbocycles. The smallest absolute Gasteiger partial charge is 0.150 e. The average molecular weight is 238 g/mol. The Morgan fingerprint density at radius 2 is 2.22 bits per heavy atom. The second-order valence-electron chi connectivity index (χ2n) is 3.73. The minimum atomic E-state index is 0.136. The Morgan fingerprint density at radius 3 is 2.78 bits per heavy atom. The number of carbonyl (C=O) groups is 1. The number of hydrogen-bond donors (Lipinski definition) is 0. The molecule has 0 atom stereocenters. The highest BCUT2D eigenvalue weighted by Crippen LogP contribution is 2.16. The first-order chi connectivity index (χ1) is 8.62. The number of allylic oxidation sites excluding steroid dienone is 2. The van der Waals surface area contributed by atoms with Crippen molar-refractivity contribution in [3.05, 3.63) is 53.7 Å². The number of nitrogens with zero attached hydrogens (tertiary/aromatic N) is 2. The van der Waals surface area contributed by atoms with E-state index in [1.807, 2.05) is 25.1 Å². The Kier molecular flexibility index (Phi) is 4.77. The van der Waals surface area contributed by atoms with Crippen LogP contribution in [0.25, 0.3) is 5.57 Å². The number of carbonyl (C=O) groups excluding carboxylic acids is 1. The second kappa shape index (κ2) is 6.31. The fraction of sp³-hybridized carbons (Fsp3) is 0.133. The number of aryl methyl sites for hydroxylation is 1. The molecular formula is C15H14N2O. The van der Waals surface area contributed by atoms with Gasteiger partial charge in [-0.1, -0.05) is 38.3 Å². The van der Waals surface area contributed by atoms with E-state index in [-0.39, 0.29) is 5.70 Å². The van der Waals surface area contributed by atoms with Crippen molar-refractivity contribution < 1.29 is 4.79 Å². The van der Waals surface area contributed by atoms with E-state index in [4.69, 9.17) is 5.26 Å². The molecule has 0 bridgehead atoms. The Bertz CT molecular complexity index is 562. The lowest BCUT2D eigenvalue weighted by atomic mass is 9.99. The molecule has 18 heavy (non-hydrogen) atoms. The van der Waals surface area contributed by atoms with Crippen molar-refractivity contribution in [1.29, 1.82) is 5.26 Å². The summed E-state index contributed by atoms with van der Waals surface area (Å²) in [5.41, 5.74) is 3.35. The van der Waals surface area contributed by atoms with Crippen molar-refractivity contribution in [2.24, 2.45) is 4.99 Å². The topological polar surface area (TPSA) is 53.2 Å². The Balaban J connectivity index is 3.01. The highest BCUT2D eigenvalue weighted by molar-refractivity contribution is 6.09. The fourth-order valence-corrected chi connectivity index (χ4v) is 1.49. The molecule has 3 heteroatoms. The lowest BCUT2D eigenvalue weighted by molar-refractivity contribution is 0.112. The van der Waals surface area contributed by atoms with E-state index < -0.39 is 0 Å². The molecule has 0 amide bonds. The molecule has 3 nitrogen and oxygen atoms in total. The summed E-state index contributed by atoms with van der Waals surface area (Å²) in [5, 5.41) is 8.54. The van der Waals surface area contributed by atoms with Gasteiger partial charge in [0.25, 0.3) is 0 Å². The van der Waals surface area contributed by atoms with E-state index in [2.05, 4.69) is 18.2 Å². The predicted octanol–water partition coefficient (Wildman–Crippen LogP) is 3.18. The maximum Gasteiger partial charge on any atom is 0.150 e. The van der Waals surface area contributed by atoms with Crippen LogP contribution < -0.4 is 0 Å². The molecule has 0 saturated heterocycles. The van der Waals surface area contributed by atoms with Crippen LogP contribution in [0, 0.1) is 11.3 Å². The highest BCUT2D eigenvalue weighted by Gasteiger charge is 2.03. The monoisotopic (exact) mass is 238 g/mol. The van der Waals surface area contributed by atoms with Gasteiger partial charge in [0.15, 0.2) is 0 Å². The molecule has 0 spiro atoms. The van der Waals surface area contributed by atoms with Crippen LogP contribution in [0.1, 0.15) is 28.4 Å². The molecule has 0 unspecified atom stereocenters. The molecule has 0 aromatic heterocycles. The van der Waals surface area contributed by atoms with Crippen LogP contribution in [0.3, 0.4) is 0 Å². The van der Waals surface area contributed by atoms with Crippen molar-refractivity contribution in [2.45, 2.75) is 13.3 Å². The van der Waals surface area contributed by atoms with Crippen molar-refractivity contribution in [3.8, 4) is 6.07 Å². The van der Waals surface area contributed by atoms with Gasteiger partial charge < -0.3 is 0 Å². The van der Waals surface area contributed by atoms with Gasteiger partial charge in [0.05, 0.1) is 0 Å². The van der Waals surface area contributed by atoms with Gasteiger partial charge in [0.2, 0.25) is 0 Å². The SMILES string of the molecule is C=C(C#N)/N=C/C(=C)c1ccc(C=O)c(CC)c1. The van der Waals surface area contributed by atoms with Crippen molar-refractivity contribution in [3.63, 3.8) is 0 Å². The maximum atomic E-state index is 10.8. The third-order valence-electron chi connectivity index (χ3n) is 2.53. The summed E-state index contributed by atoms with van der Waals surface area (Å²) in [6.07, 6.45) is 3.12. The van der Waals surface area contributed by atoms with Crippen LogP contribution in [0.4, 0.5) is 0 Å². The zero-order valence-electron chi connectivity index (χ0n) is 10.3. The van der Waals surface area contributed by atoms with E-state index in [1.165, 1.54) is 6.21 Å². The molecule has 0 heterocycles. The summed E-state index contributed by atoms with van der Waals surface area (Å²) in [5.74, 6) is 0. The van der Waals surface area contributed by atoms with Crippen molar-refractivity contribution >= 4 is 18.1 Å². The van der Waals surface area contributed by atoms with Gasteiger partial charge in [0, 0.05) is 11.8 Å². The van der Waals surface area contributed by atoms with Gasteiger partial charge in [0.1, 0.15) is 18.1 Å². The fourth-order valence-electron chi connectivity index (χ4n) is 1.49. The van der Waals surface area contributed by atoms with E-state index in [9.17, 15) is 4.79 Å². The van der Waals surface area contributed by atoms with Crippen LogP contribution in [-0.4, -0.2) is 12.5 Å². The van der Waals surface area contributed by atoms with E-state index >= 15 is 0 Å². The molecule has 1 aromatic carbocycles. The Labute approximate surface area is 107 Å². The summed E-state index contributed by atoms with van der Waals surface area (Å²) < 4.78 is 0. The molecule has 0 N–H and O–H groups in total. The number of hydrogen-bond acceptors (Lipinski definition) is 3. The first-order valence-electron chi connectivity index (χ1n) is 5.52. The van der Waals surface area contributed by atoms with Crippen LogP contribution in [0.2, 0.25) is 0 Å². The highest BCUT2D eigenvalue weighted by atomic mass is 16.1. The zero-order valence-corrected chi connectivity index (χ0v) is 10.3. The minimum Gasteiger partial charge on any atom is -0.298 e. The number of aldehydes is 1. The summed E-state index contributed by atoms with van der Waals surface area (Å²) in [6.45, 7) is 9.31. The van der Waals surface area contributed by atoms with Crippen molar-refractivity contribution in [2.75, 3.05) is 0 Å². The summed E-state index contributed by atoms with van der Waals surface area (Å²) in [7, 11) is 0. The molecule has 0 aliphatic carbocycles. The van der Waals surface area contributed by atoms with E-state index in [0.717, 1.165) is 23.8 Å². The van der Waals surface area contributed by atoms with Gasteiger partial charge in [-0.15, -0.1) is 0 Å². The maximum absolute atomic E-state index is 10.8. The second-order valence-corrected chi connectivity index (χ2v) is 3.73. The summed E-state index contributed by atoms with van der Waals surface area (Å²) in [6, 6.07) is 7.32. The summed E-state index contributed by atoms with van der Waals surface area (Å²) in [4.78, 5) is 14.7. The molecule has 1 aromatic rings. The van der Waals surface area contributed by atoms with E-state index in [1.54, 1.807) is 6.07 Å². The lowest BCUT2D eigenvalue weighted by Crippen LogP contribution is -1.94. The molecule has 0 fully saturated rings. The largest absolute Gasteiger partial charge is 0.298 e. The van der Waals surface area contributed by atoms with Gasteiger partial charge in [-0.3, -0.25) is 4.79 Å². The summed E-state index contributed by atoms with van der Waals surface area (Å²) >= 11 is 0.